The molecule has 27 heavy (non-hydrogen) atoms. The van der Waals surface area contributed by atoms with Crippen LogP contribution in [-0.2, 0) is 11.2 Å². The molecule has 0 bridgehead atoms. The smallest absolute Gasteiger partial charge is 0.277 e. The van der Waals surface area contributed by atoms with E-state index in [1.165, 1.54) is 28.5 Å². The summed E-state index contributed by atoms with van der Waals surface area (Å²) < 4.78 is 5.73. The molecule has 1 heterocycles. The Hall–Kier alpha value is -2.60. The molecular formula is C21H23N3O2S. The third-order valence-electron chi connectivity index (χ3n) is 4.44. The second kappa shape index (κ2) is 8.39. The van der Waals surface area contributed by atoms with Crippen LogP contribution in [-0.4, -0.2) is 21.4 Å². The van der Waals surface area contributed by atoms with Crippen molar-refractivity contribution in [1.82, 2.24) is 10.2 Å². The van der Waals surface area contributed by atoms with Crippen LogP contribution in [0.4, 0.5) is 5.69 Å². The van der Waals surface area contributed by atoms with Gasteiger partial charge in [0.1, 0.15) is 0 Å². The van der Waals surface area contributed by atoms with Crippen LogP contribution in [0, 0.1) is 13.8 Å². The molecule has 1 unspecified atom stereocenters. The standard InChI is InChI=1S/C21H23N3O2S/c1-5-16-7-10-18(11-8-16)22-19(25)15(4)27-21-24-23-20(26-21)17-9-6-13(2)14(3)12-17/h6-12,15H,5H2,1-4H3,(H,22,25). The van der Waals surface area contributed by atoms with Gasteiger partial charge in [-0.3, -0.25) is 4.79 Å². The Morgan fingerprint density at radius 1 is 1.11 bits per heavy atom. The van der Waals surface area contributed by atoms with E-state index in [2.05, 4.69) is 29.4 Å². The molecule has 1 amide bonds. The molecule has 3 rings (SSSR count). The number of carbonyl (C=O) groups excluding carboxylic acids is 1. The van der Waals surface area contributed by atoms with Gasteiger partial charge in [0.2, 0.25) is 11.8 Å². The Balaban J connectivity index is 1.63. The number of benzene rings is 2. The van der Waals surface area contributed by atoms with Crippen LogP contribution in [0.2, 0.25) is 0 Å². The van der Waals surface area contributed by atoms with Crippen molar-refractivity contribution in [3.63, 3.8) is 0 Å². The van der Waals surface area contributed by atoms with Gasteiger partial charge in [0.05, 0.1) is 5.25 Å². The molecule has 1 atom stereocenters. The molecule has 0 radical (unpaired) electrons. The maximum atomic E-state index is 12.4. The van der Waals surface area contributed by atoms with Crippen LogP contribution >= 0.6 is 11.8 Å². The minimum atomic E-state index is -0.357. The first kappa shape index (κ1) is 19.2. The third-order valence-corrected chi connectivity index (χ3v) is 5.37. The predicted octanol–water partition coefficient (Wildman–Crippen LogP) is 5.04. The summed E-state index contributed by atoms with van der Waals surface area (Å²) in [5.74, 6) is 0.360. The van der Waals surface area contributed by atoms with Crippen LogP contribution in [0.5, 0.6) is 0 Å². The number of hydrogen-bond acceptors (Lipinski definition) is 5. The summed E-state index contributed by atoms with van der Waals surface area (Å²) >= 11 is 1.25. The second-order valence-electron chi connectivity index (χ2n) is 6.47. The molecule has 2 aromatic carbocycles. The van der Waals surface area contributed by atoms with Gasteiger partial charge in [0.15, 0.2) is 0 Å². The summed E-state index contributed by atoms with van der Waals surface area (Å²) in [5.41, 5.74) is 5.28. The van der Waals surface area contributed by atoms with E-state index in [1.54, 1.807) is 0 Å². The lowest BCUT2D eigenvalue weighted by atomic mass is 10.1. The SMILES string of the molecule is CCc1ccc(NC(=O)C(C)Sc2nnc(-c3ccc(C)c(C)c3)o2)cc1. The monoisotopic (exact) mass is 381 g/mol. The fourth-order valence-corrected chi connectivity index (χ4v) is 3.20. The maximum absolute atomic E-state index is 12.4. The lowest BCUT2D eigenvalue weighted by Gasteiger charge is -2.10. The highest BCUT2D eigenvalue weighted by atomic mass is 32.2. The number of hydrogen-bond donors (Lipinski definition) is 1. The molecule has 0 spiro atoms. The maximum Gasteiger partial charge on any atom is 0.277 e. The quantitative estimate of drug-likeness (QED) is 0.606. The van der Waals surface area contributed by atoms with Gasteiger partial charge in [-0.1, -0.05) is 36.9 Å². The first-order valence-corrected chi connectivity index (χ1v) is 9.82. The molecule has 0 saturated heterocycles. The summed E-state index contributed by atoms with van der Waals surface area (Å²) in [5, 5.41) is 11.1. The van der Waals surface area contributed by atoms with Gasteiger partial charge in [-0.25, -0.2) is 0 Å². The van der Waals surface area contributed by atoms with E-state index in [9.17, 15) is 4.79 Å². The van der Waals surface area contributed by atoms with E-state index in [-0.39, 0.29) is 11.2 Å². The Kier molecular flexibility index (Phi) is 5.96. The number of carbonyl (C=O) groups is 1. The van der Waals surface area contributed by atoms with Gasteiger partial charge in [-0.2, -0.15) is 0 Å². The van der Waals surface area contributed by atoms with E-state index in [0.717, 1.165) is 17.7 Å². The molecule has 1 N–H and O–H groups in total. The Morgan fingerprint density at radius 3 is 2.52 bits per heavy atom. The zero-order valence-corrected chi connectivity index (χ0v) is 16.8. The van der Waals surface area contributed by atoms with Crippen LogP contribution < -0.4 is 5.32 Å². The molecule has 1 aromatic heterocycles. The summed E-state index contributed by atoms with van der Waals surface area (Å²) in [4.78, 5) is 12.4. The lowest BCUT2D eigenvalue weighted by molar-refractivity contribution is -0.115. The first-order chi connectivity index (χ1) is 13.0. The van der Waals surface area contributed by atoms with Gasteiger partial charge in [-0.15, -0.1) is 10.2 Å². The topological polar surface area (TPSA) is 68.0 Å². The fourth-order valence-electron chi connectivity index (χ4n) is 2.52. The van der Waals surface area contributed by atoms with E-state index < -0.39 is 0 Å². The average molecular weight is 382 g/mol. The summed E-state index contributed by atoms with van der Waals surface area (Å²) in [7, 11) is 0. The molecule has 5 nitrogen and oxygen atoms in total. The molecule has 0 saturated carbocycles. The number of anilines is 1. The number of aromatic nitrogens is 2. The summed E-state index contributed by atoms with van der Waals surface area (Å²) in [6.07, 6.45) is 0.973. The molecule has 0 aliphatic heterocycles. The van der Waals surface area contributed by atoms with Crippen molar-refractivity contribution < 1.29 is 9.21 Å². The number of aryl methyl sites for hydroxylation is 3. The number of nitrogens with zero attached hydrogens (tertiary/aromatic N) is 2. The largest absolute Gasteiger partial charge is 0.411 e. The van der Waals surface area contributed by atoms with Gasteiger partial charge >= 0.3 is 0 Å². The van der Waals surface area contributed by atoms with E-state index in [0.29, 0.717) is 11.1 Å². The molecule has 0 aliphatic carbocycles. The minimum Gasteiger partial charge on any atom is -0.411 e. The highest BCUT2D eigenvalue weighted by Crippen LogP contribution is 2.27. The lowest BCUT2D eigenvalue weighted by Crippen LogP contribution is -2.22. The normalized spacial score (nSPS) is 12.0. The minimum absolute atomic E-state index is 0.102. The van der Waals surface area contributed by atoms with E-state index in [4.69, 9.17) is 4.42 Å². The Labute approximate surface area is 163 Å². The zero-order chi connectivity index (χ0) is 19.4. The molecule has 0 aliphatic rings. The van der Waals surface area contributed by atoms with Crippen molar-refractivity contribution in [3.8, 4) is 11.5 Å². The molecule has 0 fully saturated rings. The number of thioether (sulfide) groups is 1. The average Bonchev–Trinajstić information content (AvgIpc) is 3.13. The number of amides is 1. The van der Waals surface area contributed by atoms with Crippen LogP contribution in [0.25, 0.3) is 11.5 Å². The van der Waals surface area contributed by atoms with Gasteiger partial charge in [0, 0.05) is 11.3 Å². The molecule has 6 heteroatoms. The van der Waals surface area contributed by atoms with Gasteiger partial charge in [0.25, 0.3) is 5.22 Å². The van der Waals surface area contributed by atoms with Gasteiger partial charge in [-0.05, 0) is 68.1 Å². The van der Waals surface area contributed by atoms with Crippen molar-refractivity contribution in [3.05, 3.63) is 59.2 Å². The molecular weight excluding hydrogens is 358 g/mol. The van der Waals surface area contributed by atoms with E-state index >= 15 is 0 Å². The summed E-state index contributed by atoms with van der Waals surface area (Å²) in [6.45, 7) is 8.03. The Bertz CT molecular complexity index is 935. The first-order valence-electron chi connectivity index (χ1n) is 8.94. The zero-order valence-electron chi connectivity index (χ0n) is 15.9. The highest BCUT2D eigenvalue weighted by Gasteiger charge is 2.19. The van der Waals surface area contributed by atoms with E-state index in [1.807, 2.05) is 56.3 Å². The van der Waals surface area contributed by atoms with Crippen LogP contribution in [0.15, 0.2) is 52.1 Å². The Morgan fingerprint density at radius 2 is 1.85 bits per heavy atom. The predicted molar refractivity (Wildman–Crippen MR) is 109 cm³/mol. The van der Waals surface area contributed by atoms with Crippen molar-refractivity contribution in [2.75, 3.05) is 5.32 Å². The summed E-state index contributed by atoms with van der Waals surface area (Å²) in [6, 6.07) is 13.9. The number of rotatable bonds is 6. The van der Waals surface area contributed by atoms with Crippen LogP contribution in [0.3, 0.4) is 0 Å². The fraction of sp³-hybridized carbons (Fsp3) is 0.286. The molecule has 3 aromatic rings. The van der Waals surface area contributed by atoms with Crippen molar-refractivity contribution in [1.29, 1.82) is 0 Å². The number of nitrogens with one attached hydrogen (secondary N) is 1. The van der Waals surface area contributed by atoms with Crippen molar-refractivity contribution in [2.24, 2.45) is 0 Å². The van der Waals surface area contributed by atoms with Crippen molar-refractivity contribution >= 4 is 23.4 Å². The van der Waals surface area contributed by atoms with Crippen LogP contribution in [0.1, 0.15) is 30.5 Å². The third kappa shape index (κ3) is 4.77. The second-order valence-corrected chi connectivity index (χ2v) is 7.76. The highest BCUT2D eigenvalue weighted by molar-refractivity contribution is 8.00. The molecule has 140 valence electrons. The van der Waals surface area contributed by atoms with Gasteiger partial charge < -0.3 is 9.73 Å². The van der Waals surface area contributed by atoms with Crippen molar-refractivity contribution in [2.45, 2.75) is 44.6 Å².